The maximum atomic E-state index is 12.9. The summed E-state index contributed by atoms with van der Waals surface area (Å²) < 4.78 is 6.09. The summed E-state index contributed by atoms with van der Waals surface area (Å²) in [5, 5.41) is 12.9. The van der Waals surface area contributed by atoms with E-state index in [1.807, 2.05) is 44.2 Å². The van der Waals surface area contributed by atoms with E-state index in [2.05, 4.69) is 5.32 Å². The van der Waals surface area contributed by atoms with E-state index in [1.54, 1.807) is 25.1 Å². The van der Waals surface area contributed by atoms with Gasteiger partial charge in [0.25, 0.3) is 5.91 Å². The smallest absolute Gasteiger partial charge is 0.255 e. The summed E-state index contributed by atoms with van der Waals surface area (Å²) in [5.41, 5.74) is 1.67. The molecule has 5 heteroatoms. The number of benzene rings is 2. The van der Waals surface area contributed by atoms with Gasteiger partial charge >= 0.3 is 0 Å². The summed E-state index contributed by atoms with van der Waals surface area (Å²) in [4.78, 5) is 25.8. The van der Waals surface area contributed by atoms with Crippen LogP contribution in [-0.2, 0) is 0 Å². The van der Waals surface area contributed by atoms with E-state index in [1.165, 1.54) is 0 Å². The fourth-order valence-electron chi connectivity index (χ4n) is 3.25. The van der Waals surface area contributed by atoms with Crippen LogP contribution < -0.4 is 10.7 Å². The number of aliphatic hydroxyl groups excluding tert-OH is 1. The third-order valence-electron chi connectivity index (χ3n) is 5.27. The standard InChI is InChI=1S/C23H25NO4/c1-4-14(2)19(13-25)24-23(27)18-12-8-11-17-20(26)15(3)21(28-22(17)18)16-9-6-5-7-10-16/h5-12,14,19,25H,4,13H2,1-3H3,(H,24,27)/t14-,19-/m0/s1. The predicted octanol–water partition coefficient (Wildman–Crippen LogP) is 3.91. The molecule has 0 spiro atoms. The molecule has 1 amide bonds. The lowest BCUT2D eigenvalue weighted by atomic mass is 9.99. The monoisotopic (exact) mass is 379 g/mol. The highest BCUT2D eigenvalue weighted by Gasteiger charge is 2.22. The first-order chi connectivity index (χ1) is 13.5. The Labute approximate surface area is 164 Å². The molecule has 0 radical (unpaired) electrons. The van der Waals surface area contributed by atoms with Crippen molar-refractivity contribution in [2.75, 3.05) is 6.61 Å². The average molecular weight is 379 g/mol. The van der Waals surface area contributed by atoms with Crippen molar-refractivity contribution in [3.05, 3.63) is 69.9 Å². The fourth-order valence-corrected chi connectivity index (χ4v) is 3.25. The van der Waals surface area contributed by atoms with Crippen LogP contribution in [0.2, 0.25) is 0 Å². The SMILES string of the molecule is CC[C@H](C)[C@H](CO)NC(=O)c1cccc2c(=O)c(C)c(-c3ccccc3)oc12. The topological polar surface area (TPSA) is 79.5 Å². The second-order valence-corrected chi connectivity index (χ2v) is 7.08. The molecule has 0 aliphatic carbocycles. The Bertz CT molecular complexity index is 1040. The van der Waals surface area contributed by atoms with Gasteiger partial charge in [-0.25, -0.2) is 0 Å². The normalized spacial score (nSPS) is 13.3. The number of rotatable bonds is 6. The molecule has 0 saturated heterocycles. The molecule has 1 aromatic heterocycles. The summed E-state index contributed by atoms with van der Waals surface area (Å²) in [6.07, 6.45) is 0.827. The van der Waals surface area contributed by atoms with E-state index in [0.29, 0.717) is 16.7 Å². The minimum atomic E-state index is -0.365. The molecule has 5 nitrogen and oxygen atoms in total. The Morgan fingerprint density at radius 2 is 1.86 bits per heavy atom. The molecule has 0 aliphatic heterocycles. The number of para-hydroxylation sites is 1. The third kappa shape index (κ3) is 3.71. The maximum absolute atomic E-state index is 12.9. The van der Waals surface area contributed by atoms with Gasteiger partial charge in [-0.05, 0) is 25.0 Å². The lowest BCUT2D eigenvalue weighted by Crippen LogP contribution is -2.42. The van der Waals surface area contributed by atoms with E-state index in [4.69, 9.17) is 4.42 Å². The van der Waals surface area contributed by atoms with Crippen molar-refractivity contribution in [1.82, 2.24) is 5.32 Å². The average Bonchev–Trinajstić information content (AvgIpc) is 2.74. The van der Waals surface area contributed by atoms with Crippen molar-refractivity contribution in [1.29, 1.82) is 0 Å². The van der Waals surface area contributed by atoms with E-state index in [-0.39, 0.29) is 41.0 Å². The summed E-state index contributed by atoms with van der Waals surface area (Å²) in [6.45, 7) is 5.56. The Balaban J connectivity index is 2.13. The number of carbonyl (C=O) groups excluding carboxylic acids is 1. The van der Waals surface area contributed by atoms with Crippen LogP contribution in [0, 0.1) is 12.8 Å². The van der Waals surface area contributed by atoms with Gasteiger partial charge in [-0.15, -0.1) is 0 Å². The lowest BCUT2D eigenvalue weighted by molar-refractivity contribution is 0.0892. The molecule has 146 valence electrons. The number of nitrogens with one attached hydrogen (secondary N) is 1. The Kier molecular flexibility index (Phi) is 5.95. The van der Waals surface area contributed by atoms with Gasteiger partial charge in [0.05, 0.1) is 23.6 Å². The molecule has 3 aromatic rings. The molecular formula is C23H25NO4. The number of amides is 1. The summed E-state index contributed by atoms with van der Waals surface area (Å²) in [6, 6.07) is 14.0. The Morgan fingerprint density at radius 3 is 2.50 bits per heavy atom. The van der Waals surface area contributed by atoms with Crippen molar-refractivity contribution in [2.45, 2.75) is 33.2 Å². The molecule has 1 heterocycles. The Morgan fingerprint density at radius 1 is 1.14 bits per heavy atom. The highest BCUT2D eigenvalue weighted by atomic mass is 16.3. The molecule has 2 atom stereocenters. The minimum Gasteiger partial charge on any atom is -0.455 e. The summed E-state index contributed by atoms with van der Waals surface area (Å²) >= 11 is 0. The molecule has 0 saturated carbocycles. The number of carbonyl (C=O) groups is 1. The van der Waals surface area contributed by atoms with E-state index in [9.17, 15) is 14.7 Å². The zero-order chi connectivity index (χ0) is 20.3. The van der Waals surface area contributed by atoms with Crippen LogP contribution >= 0.6 is 0 Å². The van der Waals surface area contributed by atoms with Gasteiger partial charge in [-0.1, -0.05) is 56.7 Å². The van der Waals surface area contributed by atoms with E-state index in [0.717, 1.165) is 12.0 Å². The molecule has 2 aromatic carbocycles. The van der Waals surface area contributed by atoms with Gasteiger partial charge < -0.3 is 14.8 Å². The second kappa shape index (κ2) is 8.40. The Hall–Kier alpha value is -2.92. The first kappa shape index (κ1) is 19.8. The highest BCUT2D eigenvalue weighted by Crippen LogP contribution is 2.27. The highest BCUT2D eigenvalue weighted by molar-refractivity contribution is 6.05. The number of hydrogen-bond donors (Lipinski definition) is 2. The molecule has 3 rings (SSSR count). The quantitative estimate of drug-likeness (QED) is 0.681. The van der Waals surface area contributed by atoms with Crippen LogP contribution in [0.1, 0.15) is 36.2 Å². The van der Waals surface area contributed by atoms with Crippen molar-refractivity contribution in [3.63, 3.8) is 0 Å². The van der Waals surface area contributed by atoms with Gasteiger partial charge in [0.15, 0.2) is 11.0 Å². The van der Waals surface area contributed by atoms with E-state index < -0.39 is 0 Å². The van der Waals surface area contributed by atoms with Crippen molar-refractivity contribution < 1.29 is 14.3 Å². The maximum Gasteiger partial charge on any atom is 0.255 e. The van der Waals surface area contributed by atoms with Crippen LogP contribution in [0.4, 0.5) is 0 Å². The first-order valence-corrected chi connectivity index (χ1v) is 9.51. The fraction of sp³-hybridized carbons (Fsp3) is 0.304. The van der Waals surface area contributed by atoms with Gasteiger partial charge in [0.2, 0.25) is 0 Å². The van der Waals surface area contributed by atoms with Gasteiger partial charge in [-0.2, -0.15) is 0 Å². The molecular weight excluding hydrogens is 354 g/mol. The van der Waals surface area contributed by atoms with Crippen LogP contribution in [0.25, 0.3) is 22.3 Å². The van der Waals surface area contributed by atoms with Gasteiger partial charge in [-0.3, -0.25) is 9.59 Å². The lowest BCUT2D eigenvalue weighted by Gasteiger charge is -2.22. The van der Waals surface area contributed by atoms with Gasteiger partial charge in [0.1, 0.15) is 5.76 Å². The molecule has 0 fully saturated rings. The summed E-state index contributed by atoms with van der Waals surface area (Å²) in [5.74, 6) is 0.216. The number of aliphatic hydroxyl groups is 1. The zero-order valence-electron chi connectivity index (χ0n) is 16.4. The molecule has 0 aliphatic rings. The van der Waals surface area contributed by atoms with Crippen molar-refractivity contribution in [2.24, 2.45) is 5.92 Å². The third-order valence-corrected chi connectivity index (χ3v) is 5.27. The van der Waals surface area contributed by atoms with Crippen molar-refractivity contribution >= 4 is 16.9 Å². The van der Waals surface area contributed by atoms with Crippen LogP contribution in [0.3, 0.4) is 0 Å². The largest absolute Gasteiger partial charge is 0.455 e. The number of hydrogen-bond acceptors (Lipinski definition) is 4. The summed E-state index contributed by atoms with van der Waals surface area (Å²) in [7, 11) is 0. The number of fused-ring (bicyclic) bond motifs is 1. The molecule has 0 bridgehead atoms. The first-order valence-electron chi connectivity index (χ1n) is 9.51. The molecule has 28 heavy (non-hydrogen) atoms. The zero-order valence-corrected chi connectivity index (χ0v) is 16.4. The minimum absolute atomic E-state index is 0.123. The van der Waals surface area contributed by atoms with Crippen molar-refractivity contribution in [3.8, 4) is 11.3 Å². The molecule has 2 N–H and O–H groups in total. The van der Waals surface area contributed by atoms with Gasteiger partial charge in [0, 0.05) is 11.1 Å². The van der Waals surface area contributed by atoms with E-state index >= 15 is 0 Å². The molecule has 0 unspecified atom stereocenters. The van der Waals surface area contributed by atoms with Crippen LogP contribution in [0.15, 0.2) is 57.7 Å². The van der Waals surface area contributed by atoms with Crippen LogP contribution in [0.5, 0.6) is 0 Å². The predicted molar refractivity (Wildman–Crippen MR) is 110 cm³/mol. The second-order valence-electron chi connectivity index (χ2n) is 7.08. The van der Waals surface area contributed by atoms with Crippen LogP contribution in [-0.4, -0.2) is 23.7 Å².